The average Bonchev–Trinajstić information content (AvgIpc) is 2.37. The van der Waals surface area contributed by atoms with E-state index in [1.54, 1.807) is 0 Å². The molecule has 0 radical (unpaired) electrons. The Kier molecular flexibility index (Phi) is 10.2. The Hall–Kier alpha value is -0.430. The molecule has 0 atom stereocenters. The minimum atomic E-state index is -0.215. The summed E-state index contributed by atoms with van der Waals surface area (Å²) in [7, 11) is 0.178. The highest BCUT2D eigenvalue weighted by atomic mass is 31.1. The molecule has 0 bridgehead atoms. The SMILES string of the molecule is CCCCOC(=O)CCC(CCC)(CCC)P=O. The van der Waals surface area contributed by atoms with Gasteiger partial charge in [-0.2, -0.15) is 0 Å². The Balaban J connectivity index is 4.16. The highest BCUT2D eigenvalue weighted by Crippen LogP contribution is 2.38. The quantitative estimate of drug-likeness (QED) is 0.310. The number of carbonyl (C=O) groups is 1. The van der Waals surface area contributed by atoms with Crippen molar-refractivity contribution in [3.05, 3.63) is 0 Å². The number of hydrogen-bond acceptors (Lipinski definition) is 3. The van der Waals surface area contributed by atoms with Gasteiger partial charge < -0.3 is 4.74 Å². The molecule has 0 heterocycles. The smallest absolute Gasteiger partial charge is 0.305 e. The van der Waals surface area contributed by atoms with Crippen LogP contribution in [0.5, 0.6) is 0 Å². The highest BCUT2D eigenvalue weighted by Gasteiger charge is 2.29. The van der Waals surface area contributed by atoms with Crippen molar-refractivity contribution in [3.63, 3.8) is 0 Å². The monoisotopic (exact) mass is 274 g/mol. The molecule has 0 saturated carbocycles. The predicted octanol–water partition coefficient (Wildman–Crippen LogP) is 4.74. The molecule has 18 heavy (non-hydrogen) atoms. The molecule has 0 amide bonds. The Morgan fingerprint density at radius 1 is 1.06 bits per heavy atom. The number of hydrogen-bond donors (Lipinski definition) is 0. The number of rotatable bonds is 11. The van der Waals surface area contributed by atoms with Gasteiger partial charge in [0.1, 0.15) is 0 Å². The maximum atomic E-state index is 11.6. The van der Waals surface area contributed by atoms with E-state index in [4.69, 9.17) is 4.74 Å². The van der Waals surface area contributed by atoms with Crippen LogP contribution in [0.3, 0.4) is 0 Å². The Morgan fingerprint density at radius 2 is 1.67 bits per heavy atom. The molecular formula is C14H27O3P. The van der Waals surface area contributed by atoms with Gasteiger partial charge >= 0.3 is 5.97 Å². The lowest BCUT2D eigenvalue weighted by Crippen LogP contribution is -2.23. The second-order valence-corrected chi connectivity index (χ2v) is 6.02. The minimum Gasteiger partial charge on any atom is -0.466 e. The molecule has 0 aromatic rings. The molecule has 0 aliphatic rings. The van der Waals surface area contributed by atoms with Crippen molar-refractivity contribution < 1.29 is 14.1 Å². The van der Waals surface area contributed by atoms with Crippen LogP contribution in [-0.4, -0.2) is 17.7 Å². The van der Waals surface area contributed by atoms with Gasteiger partial charge in [-0.15, -0.1) is 0 Å². The van der Waals surface area contributed by atoms with Crippen molar-refractivity contribution in [1.82, 2.24) is 0 Å². The summed E-state index contributed by atoms with van der Waals surface area (Å²) in [6, 6.07) is 0. The van der Waals surface area contributed by atoms with Crippen molar-refractivity contribution in [1.29, 1.82) is 0 Å². The van der Waals surface area contributed by atoms with Crippen molar-refractivity contribution in [2.45, 2.75) is 77.3 Å². The second kappa shape index (κ2) is 10.5. The maximum absolute atomic E-state index is 11.6. The van der Waals surface area contributed by atoms with E-state index in [2.05, 4.69) is 20.8 Å². The summed E-state index contributed by atoms with van der Waals surface area (Å²) in [4.78, 5) is 11.6. The van der Waals surface area contributed by atoms with Crippen molar-refractivity contribution in [3.8, 4) is 0 Å². The van der Waals surface area contributed by atoms with Gasteiger partial charge in [0.25, 0.3) is 0 Å². The molecule has 0 aliphatic heterocycles. The summed E-state index contributed by atoms with van der Waals surface area (Å²) in [5.74, 6) is -0.149. The largest absolute Gasteiger partial charge is 0.466 e. The number of ether oxygens (including phenoxy) is 1. The normalized spacial score (nSPS) is 11.7. The first kappa shape index (κ1) is 17.6. The van der Waals surface area contributed by atoms with Gasteiger partial charge in [0.2, 0.25) is 0 Å². The molecule has 0 aliphatic carbocycles. The van der Waals surface area contributed by atoms with Gasteiger partial charge in [0.15, 0.2) is 8.46 Å². The van der Waals surface area contributed by atoms with Crippen LogP contribution >= 0.6 is 8.46 Å². The molecule has 0 spiro atoms. The lowest BCUT2D eigenvalue weighted by molar-refractivity contribution is -0.144. The van der Waals surface area contributed by atoms with Crippen molar-refractivity contribution in [2.24, 2.45) is 0 Å². The van der Waals surface area contributed by atoms with Gasteiger partial charge in [-0.1, -0.05) is 40.0 Å². The molecular weight excluding hydrogens is 247 g/mol. The zero-order chi connectivity index (χ0) is 13.9. The zero-order valence-corrected chi connectivity index (χ0v) is 12.9. The lowest BCUT2D eigenvalue weighted by atomic mass is 9.92. The van der Waals surface area contributed by atoms with Crippen LogP contribution in [0.2, 0.25) is 0 Å². The molecule has 0 aromatic heterocycles. The summed E-state index contributed by atoms with van der Waals surface area (Å²) < 4.78 is 16.6. The summed E-state index contributed by atoms with van der Waals surface area (Å²) in [6.07, 6.45) is 6.83. The summed E-state index contributed by atoms with van der Waals surface area (Å²) >= 11 is 0. The first-order chi connectivity index (χ1) is 8.64. The van der Waals surface area contributed by atoms with Crippen LogP contribution in [0.1, 0.15) is 72.1 Å². The highest BCUT2D eigenvalue weighted by molar-refractivity contribution is 7.26. The van der Waals surface area contributed by atoms with Gasteiger partial charge in [0.05, 0.1) is 11.8 Å². The van der Waals surface area contributed by atoms with Crippen LogP contribution in [-0.2, 0) is 14.1 Å². The zero-order valence-electron chi connectivity index (χ0n) is 12.0. The van der Waals surface area contributed by atoms with Crippen LogP contribution in [0.15, 0.2) is 0 Å². The van der Waals surface area contributed by atoms with E-state index in [9.17, 15) is 9.36 Å². The van der Waals surface area contributed by atoms with Crippen molar-refractivity contribution >= 4 is 14.4 Å². The van der Waals surface area contributed by atoms with Gasteiger partial charge in [-0.05, 0) is 25.7 Å². The van der Waals surface area contributed by atoms with E-state index in [-0.39, 0.29) is 19.6 Å². The van der Waals surface area contributed by atoms with Crippen molar-refractivity contribution in [2.75, 3.05) is 6.61 Å². The first-order valence-corrected chi connectivity index (χ1v) is 7.95. The Bertz CT molecular complexity index is 235. The predicted molar refractivity (Wildman–Crippen MR) is 75.3 cm³/mol. The van der Waals surface area contributed by atoms with E-state index in [0.29, 0.717) is 19.4 Å². The van der Waals surface area contributed by atoms with E-state index in [1.165, 1.54) is 0 Å². The van der Waals surface area contributed by atoms with E-state index in [1.807, 2.05) is 0 Å². The summed E-state index contributed by atoms with van der Waals surface area (Å²) in [6.45, 7) is 6.76. The Morgan fingerprint density at radius 3 is 2.11 bits per heavy atom. The fourth-order valence-electron chi connectivity index (χ4n) is 2.18. The van der Waals surface area contributed by atoms with Gasteiger partial charge in [0, 0.05) is 6.42 Å². The molecule has 0 aromatic carbocycles. The maximum Gasteiger partial charge on any atom is 0.305 e. The summed E-state index contributed by atoms with van der Waals surface area (Å²) in [5.41, 5.74) is 0. The number of carbonyl (C=O) groups excluding carboxylic acids is 1. The molecule has 4 heteroatoms. The fourth-order valence-corrected chi connectivity index (χ4v) is 3.01. The molecule has 0 rings (SSSR count). The van der Waals surface area contributed by atoms with E-state index < -0.39 is 0 Å². The minimum absolute atomic E-state index is 0.149. The fraction of sp³-hybridized carbons (Fsp3) is 0.929. The molecule has 106 valence electrons. The number of unbranched alkanes of at least 4 members (excludes halogenated alkanes) is 1. The molecule has 0 N–H and O–H groups in total. The van der Waals surface area contributed by atoms with Crippen LogP contribution < -0.4 is 0 Å². The molecule has 0 saturated heterocycles. The van der Waals surface area contributed by atoms with Crippen LogP contribution in [0.4, 0.5) is 0 Å². The standard InChI is InChI=1S/C14H27O3P/c1-4-7-12-17-13(15)8-11-14(18-16,9-5-2)10-6-3/h4-12H2,1-3H3. The van der Waals surface area contributed by atoms with E-state index >= 15 is 0 Å². The van der Waals surface area contributed by atoms with Gasteiger partial charge in [-0.3, -0.25) is 9.36 Å². The van der Waals surface area contributed by atoms with Crippen LogP contribution in [0.25, 0.3) is 0 Å². The number of esters is 1. The van der Waals surface area contributed by atoms with Crippen LogP contribution in [0, 0.1) is 0 Å². The topological polar surface area (TPSA) is 43.4 Å². The summed E-state index contributed by atoms with van der Waals surface area (Å²) in [5, 5.41) is -0.215. The van der Waals surface area contributed by atoms with E-state index in [0.717, 1.165) is 38.5 Å². The second-order valence-electron chi connectivity index (χ2n) is 4.89. The average molecular weight is 274 g/mol. The first-order valence-electron chi connectivity index (χ1n) is 7.14. The third-order valence-electron chi connectivity index (χ3n) is 3.18. The molecule has 0 fully saturated rings. The molecule has 0 unspecified atom stereocenters. The Labute approximate surface area is 113 Å². The third kappa shape index (κ3) is 7.10. The molecule has 3 nitrogen and oxygen atoms in total. The van der Waals surface area contributed by atoms with Gasteiger partial charge in [-0.25, -0.2) is 0 Å². The lowest BCUT2D eigenvalue weighted by Gasteiger charge is -2.25. The third-order valence-corrected chi connectivity index (χ3v) is 4.24.